The summed E-state index contributed by atoms with van der Waals surface area (Å²) < 4.78 is 19.1. The van der Waals surface area contributed by atoms with Crippen LogP contribution in [0.15, 0.2) is 41.3 Å². The smallest absolute Gasteiger partial charge is 0.408 e. The Bertz CT molecular complexity index is 928. The molecule has 0 unspecified atom stereocenters. The molecule has 168 valence electrons. The monoisotopic (exact) mass is 429 g/mol. The van der Waals surface area contributed by atoms with E-state index in [2.05, 4.69) is 15.2 Å². The standard InChI is InChI=1S/C24H32FN3O3/c1-24(2,3)31-23(30)27-21(11-14-28-12-5-4-6-13-28)18-9-7-17(8-10-18)19-15-20(25)22(29)26-16-19/h7-10,15-16,21H,4-6,11-14H2,1-3H3,(H,26,29)(H,27,30)/t21-/m1/s1. The second-order valence-electron chi connectivity index (χ2n) is 9.08. The molecule has 3 rings (SSSR count). The summed E-state index contributed by atoms with van der Waals surface area (Å²) in [5.74, 6) is -0.812. The highest BCUT2D eigenvalue weighted by atomic mass is 19.1. The summed E-state index contributed by atoms with van der Waals surface area (Å²) in [4.78, 5) is 28.5. The fraction of sp³-hybridized carbons (Fsp3) is 0.500. The first-order valence-corrected chi connectivity index (χ1v) is 10.9. The fourth-order valence-corrected chi connectivity index (χ4v) is 3.80. The molecule has 2 aromatic rings. The van der Waals surface area contributed by atoms with Crippen molar-refractivity contribution in [2.45, 2.75) is 58.1 Å². The highest BCUT2D eigenvalue weighted by Gasteiger charge is 2.22. The highest BCUT2D eigenvalue weighted by Crippen LogP contribution is 2.24. The van der Waals surface area contributed by atoms with Crippen molar-refractivity contribution in [1.82, 2.24) is 15.2 Å². The van der Waals surface area contributed by atoms with Gasteiger partial charge in [-0.15, -0.1) is 0 Å². The summed E-state index contributed by atoms with van der Waals surface area (Å²) in [6.07, 6.45) is 5.54. The van der Waals surface area contributed by atoms with Crippen LogP contribution < -0.4 is 10.9 Å². The van der Waals surface area contributed by atoms with Gasteiger partial charge in [0.05, 0.1) is 6.04 Å². The Hall–Kier alpha value is -2.67. The van der Waals surface area contributed by atoms with Crippen LogP contribution in [-0.4, -0.2) is 41.2 Å². The summed E-state index contributed by atoms with van der Waals surface area (Å²) in [7, 11) is 0. The summed E-state index contributed by atoms with van der Waals surface area (Å²) in [6.45, 7) is 8.60. The third kappa shape index (κ3) is 6.92. The number of amides is 1. The number of piperidine rings is 1. The molecule has 2 N–H and O–H groups in total. The van der Waals surface area contributed by atoms with Crippen molar-refractivity contribution < 1.29 is 13.9 Å². The van der Waals surface area contributed by atoms with E-state index < -0.39 is 23.1 Å². The van der Waals surface area contributed by atoms with Crippen LogP contribution in [-0.2, 0) is 4.74 Å². The van der Waals surface area contributed by atoms with E-state index in [9.17, 15) is 14.0 Å². The van der Waals surface area contributed by atoms with Crippen molar-refractivity contribution in [3.05, 3.63) is 58.3 Å². The van der Waals surface area contributed by atoms with Gasteiger partial charge in [0.25, 0.3) is 5.56 Å². The molecule has 1 amide bonds. The summed E-state index contributed by atoms with van der Waals surface area (Å²) in [5.41, 5.74) is 1.02. The van der Waals surface area contributed by atoms with Gasteiger partial charge in [-0.2, -0.15) is 0 Å². The maximum Gasteiger partial charge on any atom is 0.408 e. The Balaban J connectivity index is 1.75. The van der Waals surface area contributed by atoms with Crippen LogP contribution in [0.4, 0.5) is 9.18 Å². The summed E-state index contributed by atoms with van der Waals surface area (Å²) >= 11 is 0. The third-order valence-electron chi connectivity index (χ3n) is 5.38. The van der Waals surface area contributed by atoms with E-state index in [4.69, 9.17) is 4.74 Å². The van der Waals surface area contributed by atoms with Crippen molar-refractivity contribution in [3.63, 3.8) is 0 Å². The predicted octanol–water partition coefficient (Wildman–Crippen LogP) is 4.62. The van der Waals surface area contributed by atoms with Gasteiger partial charge in [-0.3, -0.25) is 4.79 Å². The SMILES string of the molecule is CC(C)(C)OC(=O)N[C@H](CCN1CCCCC1)c1ccc(-c2c[nH]c(=O)c(F)c2)cc1. The number of carbonyl (C=O) groups excluding carboxylic acids is 1. The second-order valence-corrected chi connectivity index (χ2v) is 9.08. The Labute approximate surface area is 182 Å². The normalized spacial score (nSPS) is 16.0. The molecule has 1 aliphatic rings. The van der Waals surface area contributed by atoms with Crippen LogP contribution in [0, 0.1) is 5.82 Å². The minimum Gasteiger partial charge on any atom is -0.444 e. The van der Waals surface area contributed by atoms with Crippen molar-refractivity contribution in [3.8, 4) is 11.1 Å². The maximum atomic E-state index is 13.6. The van der Waals surface area contributed by atoms with Crippen molar-refractivity contribution in [2.24, 2.45) is 0 Å². The summed E-state index contributed by atoms with van der Waals surface area (Å²) in [6, 6.07) is 8.62. The lowest BCUT2D eigenvalue weighted by atomic mass is 9.99. The maximum absolute atomic E-state index is 13.6. The number of ether oxygens (including phenoxy) is 1. The second kappa shape index (κ2) is 10.1. The first-order valence-electron chi connectivity index (χ1n) is 10.9. The molecule has 2 heterocycles. The molecule has 1 atom stereocenters. The van der Waals surface area contributed by atoms with Crippen LogP contribution in [0.25, 0.3) is 11.1 Å². The van der Waals surface area contributed by atoms with Crippen LogP contribution in [0.5, 0.6) is 0 Å². The Morgan fingerprint density at radius 2 is 1.84 bits per heavy atom. The van der Waals surface area contributed by atoms with Gasteiger partial charge in [-0.25, -0.2) is 9.18 Å². The zero-order valence-corrected chi connectivity index (χ0v) is 18.5. The van der Waals surface area contributed by atoms with Crippen LogP contribution >= 0.6 is 0 Å². The van der Waals surface area contributed by atoms with Gasteiger partial charge in [0.2, 0.25) is 0 Å². The highest BCUT2D eigenvalue weighted by molar-refractivity contribution is 5.68. The average molecular weight is 430 g/mol. The number of halogens is 1. The molecular weight excluding hydrogens is 397 g/mol. The Kier molecular flexibility index (Phi) is 7.49. The number of hydrogen-bond acceptors (Lipinski definition) is 4. The Morgan fingerprint density at radius 1 is 1.16 bits per heavy atom. The number of pyridine rings is 1. The minimum absolute atomic E-state index is 0.196. The number of nitrogens with zero attached hydrogens (tertiary/aromatic N) is 1. The molecule has 0 saturated carbocycles. The number of carbonyl (C=O) groups is 1. The molecule has 1 fully saturated rings. The molecule has 7 heteroatoms. The van der Waals surface area contributed by atoms with Crippen LogP contribution in [0.2, 0.25) is 0 Å². The van der Waals surface area contributed by atoms with Crippen molar-refractivity contribution in [2.75, 3.05) is 19.6 Å². The van der Waals surface area contributed by atoms with E-state index in [0.717, 1.165) is 37.2 Å². The number of hydrogen-bond donors (Lipinski definition) is 2. The number of H-pyrrole nitrogens is 1. The first-order chi connectivity index (χ1) is 14.7. The van der Waals surface area contributed by atoms with Gasteiger partial charge in [0, 0.05) is 18.3 Å². The van der Waals surface area contributed by atoms with E-state index in [1.165, 1.54) is 31.5 Å². The average Bonchev–Trinajstić information content (AvgIpc) is 2.73. The molecule has 1 aromatic heterocycles. The topological polar surface area (TPSA) is 74.4 Å². The molecule has 1 aromatic carbocycles. The molecule has 0 aliphatic carbocycles. The lowest BCUT2D eigenvalue weighted by molar-refractivity contribution is 0.0497. The molecule has 1 aliphatic heterocycles. The molecule has 6 nitrogen and oxygen atoms in total. The van der Waals surface area contributed by atoms with E-state index in [1.54, 1.807) is 0 Å². The number of aromatic nitrogens is 1. The Morgan fingerprint density at radius 3 is 2.45 bits per heavy atom. The zero-order valence-electron chi connectivity index (χ0n) is 18.5. The number of alkyl carbamates (subject to hydrolysis) is 1. The van der Waals surface area contributed by atoms with Crippen molar-refractivity contribution in [1.29, 1.82) is 0 Å². The first kappa shape index (κ1) is 23.0. The molecule has 1 saturated heterocycles. The number of likely N-dealkylation sites (tertiary alicyclic amines) is 1. The minimum atomic E-state index is -0.812. The van der Waals surface area contributed by atoms with E-state index >= 15 is 0 Å². The number of nitrogens with one attached hydrogen (secondary N) is 2. The largest absolute Gasteiger partial charge is 0.444 e. The van der Waals surface area contributed by atoms with E-state index in [-0.39, 0.29) is 6.04 Å². The van der Waals surface area contributed by atoms with E-state index in [1.807, 2.05) is 45.0 Å². The lowest BCUT2D eigenvalue weighted by Gasteiger charge is -2.29. The molecule has 0 bridgehead atoms. The summed E-state index contributed by atoms with van der Waals surface area (Å²) in [5, 5.41) is 3.01. The molecule has 0 radical (unpaired) electrons. The zero-order chi connectivity index (χ0) is 22.4. The lowest BCUT2D eigenvalue weighted by Crippen LogP contribution is -2.37. The van der Waals surface area contributed by atoms with Gasteiger partial charge in [-0.05, 0) is 70.3 Å². The van der Waals surface area contributed by atoms with Crippen molar-refractivity contribution >= 4 is 6.09 Å². The molecule has 0 spiro atoms. The molecule has 31 heavy (non-hydrogen) atoms. The van der Waals surface area contributed by atoms with Gasteiger partial charge in [-0.1, -0.05) is 30.7 Å². The number of rotatable bonds is 6. The van der Waals surface area contributed by atoms with E-state index in [0.29, 0.717) is 5.56 Å². The molecular formula is C24H32FN3O3. The third-order valence-corrected chi connectivity index (χ3v) is 5.38. The van der Waals surface area contributed by atoms with Gasteiger partial charge in [0.1, 0.15) is 5.60 Å². The van der Waals surface area contributed by atoms with Crippen LogP contribution in [0.1, 0.15) is 58.1 Å². The number of benzene rings is 1. The van der Waals surface area contributed by atoms with Crippen LogP contribution in [0.3, 0.4) is 0 Å². The number of aromatic amines is 1. The quantitative estimate of drug-likeness (QED) is 0.703. The predicted molar refractivity (Wildman–Crippen MR) is 119 cm³/mol. The van der Waals surface area contributed by atoms with Gasteiger partial charge >= 0.3 is 6.09 Å². The van der Waals surface area contributed by atoms with Gasteiger partial charge < -0.3 is 19.9 Å². The fourth-order valence-electron chi connectivity index (χ4n) is 3.80. The van der Waals surface area contributed by atoms with Gasteiger partial charge in [0.15, 0.2) is 5.82 Å².